The number of aromatic nitrogens is 1. The second-order valence-corrected chi connectivity index (χ2v) is 14.7. The monoisotopic (exact) mass is 722 g/mol. The molecule has 0 radical (unpaired) electrons. The molecule has 5 rings (SSSR count). The standard InChI is InChI=1S/C29H38N8O10S2/c1-28(2)22(25(39)37(28)47-49(42,43)44)35-24(38)21(18-13-48-27(32)34-18)36-46-29(3,26(40)41)20-10-8-14-11-15(7-9-19(14)45-20)23(31)33-17-6-4-5-16(30)12-17/h7,9,11,13,16-17,20,22H,4-6,8,10,12,30H2,1-3H3,(H2,31,33)(H2,32,34)(H,35,38)(H,40,41)(H,42,43,44)/b36-21-/t16-,17+,20+,22+,29-/m0/s1. The van der Waals surface area contributed by atoms with Gasteiger partial charge in [0.15, 0.2) is 16.9 Å². The molecule has 3 aliphatic rings. The number of nitrogen functional groups attached to an aromatic ring is 1. The Morgan fingerprint density at radius 2 is 2.00 bits per heavy atom. The topological polar surface area (TPSA) is 282 Å². The molecule has 3 heterocycles. The van der Waals surface area contributed by atoms with Crippen molar-refractivity contribution >= 4 is 56.2 Å². The van der Waals surface area contributed by atoms with Crippen LogP contribution in [-0.2, 0) is 40.3 Å². The first-order valence-electron chi connectivity index (χ1n) is 15.3. The van der Waals surface area contributed by atoms with Gasteiger partial charge in [-0.1, -0.05) is 5.16 Å². The average molecular weight is 723 g/mol. The molecule has 0 unspecified atom stereocenters. The first-order chi connectivity index (χ1) is 22.9. The van der Waals surface area contributed by atoms with E-state index in [1.807, 2.05) is 6.07 Å². The number of β-lactam (4-membered cyclic amide) rings is 1. The number of hydrogen-bond acceptors (Lipinski definition) is 14. The van der Waals surface area contributed by atoms with E-state index in [4.69, 9.17) is 31.0 Å². The molecule has 0 spiro atoms. The minimum atomic E-state index is -5.03. The molecule has 2 amide bonds. The molecule has 20 heteroatoms. The minimum Gasteiger partial charge on any atom is -0.485 e. The maximum atomic E-state index is 13.5. The molecule has 2 aliphatic heterocycles. The van der Waals surface area contributed by atoms with Gasteiger partial charge in [0.2, 0.25) is 0 Å². The Bertz CT molecular complexity index is 1800. The number of carboxylic acid groups (broad SMARTS) is 1. The number of carbonyl (C=O) groups is 3. The smallest absolute Gasteiger partial charge is 0.418 e. The van der Waals surface area contributed by atoms with Crippen molar-refractivity contribution in [3.63, 3.8) is 0 Å². The average Bonchev–Trinajstić information content (AvgIpc) is 3.46. The molecule has 9 N–H and O–H groups in total. The number of amidine groups is 1. The van der Waals surface area contributed by atoms with Crippen molar-refractivity contribution in [2.45, 2.75) is 94.7 Å². The maximum absolute atomic E-state index is 13.5. The van der Waals surface area contributed by atoms with E-state index in [-0.39, 0.29) is 35.2 Å². The predicted octanol–water partition coefficient (Wildman–Crippen LogP) is 0.708. The molecule has 2 fully saturated rings. The zero-order valence-corrected chi connectivity index (χ0v) is 28.5. The summed E-state index contributed by atoms with van der Waals surface area (Å²) in [5, 5.41) is 30.2. The van der Waals surface area contributed by atoms with Crippen LogP contribution >= 0.6 is 11.3 Å². The number of nitrogens with two attached hydrogens (primary N) is 2. The van der Waals surface area contributed by atoms with Crippen LogP contribution in [0.25, 0.3) is 0 Å². The number of carboxylic acids is 1. The van der Waals surface area contributed by atoms with Gasteiger partial charge in [0.25, 0.3) is 17.4 Å². The van der Waals surface area contributed by atoms with Gasteiger partial charge in [-0.2, -0.15) is 13.5 Å². The summed E-state index contributed by atoms with van der Waals surface area (Å²) >= 11 is 0.963. The third kappa shape index (κ3) is 7.62. The predicted molar refractivity (Wildman–Crippen MR) is 175 cm³/mol. The van der Waals surface area contributed by atoms with Gasteiger partial charge in [0, 0.05) is 23.0 Å². The number of oxime groups is 1. The normalized spacial score (nSPS) is 24.8. The van der Waals surface area contributed by atoms with Crippen LogP contribution in [0, 0.1) is 5.41 Å². The van der Waals surface area contributed by atoms with E-state index in [9.17, 15) is 27.9 Å². The molecule has 266 valence electrons. The minimum absolute atomic E-state index is 0.0569. The van der Waals surface area contributed by atoms with E-state index >= 15 is 0 Å². The lowest BCUT2D eigenvalue weighted by Gasteiger charge is -2.50. The fourth-order valence-electron chi connectivity index (χ4n) is 5.97. The highest BCUT2D eigenvalue weighted by Crippen LogP contribution is 2.35. The van der Waals surface area contributed by atoms with Crippen LogP contribution in [0.1, 0.15) is 69.7 Å². The number of rotatable bonds is 11. The molecule has 2 aromatic rings. The van der Waals surface area contributed by atoms with Gasteiger partial charge in [-0.25, -0.2) is 9.78 Å². The van der Waals surface area contributed by atoms with Gasteiger partial charge in [-0.15, -0.1) is 15.6 Å². The lowest BCUT2D eigenvalue weighted by Crippen LogP contribution is -2.76. The number of amides is 2. The largest absolute Gasteiger partial charge is 0.485 e. The second kappa shape index (κ2) is 13.5. The van der Waals surface area contributed by atoms with Crippen molar-refractivity contribution in [2.75, 3.05) is 5.73 Å². The Hall–Kier alpha value is -4.37. The molecule has 18 nitrogen and oxygen atoms in total. The van der Waals surface area contributed by atoms with Crippen LogP contribution in [0.4, 0.5) is 5.13 Å². The summed E-state index contributed by atoms with van der Waals surface area (Å²) in [4.78, 5) is 48.3. The van der Waals surface area contributed by atoms with Gasteiger partial charge in [-0.05, 0) is 83.1 Å². The number of aliphatic carboxylic acids is 1. The number of thiazole rings is 1. The van der Waals surface area contributed by atoms with Gasteiger partial charge in [0.05, 0.1) is 5.54 Å². The number of hydrogen-bond donors (Lipinski definition) is 7. The van der Waals surface area contributed by atoms with Crippen LogP contribution in [0.2, 0.25) is 0 Å². The summed E-state index contributed by atoms with van der Waals surface area (Å²) < 4.78 is 41.7. The number of hydroxylamine groups is 2. The lowest BCUT2D eigenvalue weighted by molar-refractivity contribution is -0.218. The first-order valence-corrected chi connectivity index (χ1v) is 17.6. The number of aryl methyl sites for hydroxylation is 1. The SMILES string of the molecule is CC1(C)[C@H](NC(=O)/C(=N\O[C@](C)(C(=O)O)[C@H]2CCc3cc(C(=N)N[C@@H]4CCC[C@H](N)C4)ccc3O2)c2csc(N)n2)C(=O)N1OS(=O)(=O)O. The van der Waals surface area contributed by atoms with E-state index in [1.54, 1.807) is 12.1 Å². The van der Waals surface area contributed by atoms with Gasteiger partial charge in [-0.3, -0.25) is 19.6 Å². The van der Waals surface area contributed by atoms with Gasteiger partial charge in [0.1, 0.15) is 23.3 Å². The Kier molecular flexibility index (Phi) is 9.90. The molecule has 0 bridgehead atoms. The lowest BCUT2D eigenvalue weighted by atomic mass is 9.84. The Morgan fingerprint density at radius 1 is 1.27 bits per heavy atom. The fourth-order valence-corrected chi connectivity index (χ4v) is 6.98. The van der Waals surface area contributed by atoms with Crippen molar-refractivity contribution in [2.24, 2.45) is 10.9 Å². The molecular formula is C29H38N8O10S2. The van der Waals surface area contributed by atoms with Crippen molar-refractivity contribution in [3.05, 3.63) is 40.4 Å². The number of nitrogens with zero attached hydrogens (tertiary/aromatic N) is 3. The highest BCUT2D eigenvalue weighted by Gasteiger charge is 2.58. The summed E-state index contributed by atoms with van der Waals surface area (Å²) in [5.74, 6) is -2.80. The quantitative estimate of drug-likeness (QED) is 0.0553. The van der Waals surface area contributed by atoms with E-state index in [2.05, 4.69) is 25.1 Å². The summed E-state index contributed by atoms with van der Waals surface area (Å²) in [5.41, 5.74) is 9.10. The van der Waals surface area contributed by atoms with Crippen LogP contribution in [0.3, 0.4) is 0 Å². The van der Waals surface area contributed by atoms with Gasteiger partial charge >= 0.3 is 16.4 Å². The van der Waals surface area contributed by atoms with E-state index in [0.29, 0.717) is 22.8 Å². The highest BCUT2D eigenvalue weighted by molar-refractivity contribution is 7.80. The number of fused-ring (bicyclic) bond motifs is 1. The first kappa shape index (κ1) is 35.9. The second-order valence-electron chi connectivity index (χ2n) is 12.8. The van der Waals surface area contributed by atoms with E-state index in [1.165, 1.54) is 26.2 Å². The van der Waals surface area contributed by atoms with Crippen LogP contribution in [0.15, 0.2) is 28.7 Å². The fraction of sp³-hybridized carbons (Fsp3) is 0.517. The number of ether oxygens (including phenoxy) is 1. The Balaban J connectivity index is 1.32. The van der Waals surface area contributed by atoms with Crippen molar-refractivity contribution in [1.82, 2.24) is 20.7 Å². The number of carbonyl (C=O) groups excluding carboxylic acids is 2. The van der Waals surface area contributed by atoms with Crippen molar-refractivity contribution in [3.8, 4) is 5.75 Å². The summed E-state index contributed by atoms with van der Waals surface area (Å²) in [6.45, 7) is 3.98. The Labute approximate surface area is 285 Å². The maximum Gasteiger partial charge on any atom is 0.418 e. The van der Waals surface area contributed by atoms with Crippen molar-refractivity contribution in [1.29, 1.82) is 5.41 Å². The van der Waals surface area contributed by atoms with Crippen LogP contribution in [-0.4, -0.2) is 92.8 Å². The summed E-state index contributed by atoms with van der Waals surface area (Å²) in [7, 11) is -5.03. The zero-order chi connectivity index (χ0) is 35.9. The third-order valence-corrected chi connectivity index (χ3v) is 9.84. The molecule has 5 atom stereocenters. The van der Waals surface area contributed by atoms with Crippen LogP contribution in [0.5, 0.6) is 5.75 Å². The molecule has 1 saturated heterocycles. The molecule has 1 aliphatic carbocycles. The molecule has 1 saturated carbocycles. The van der Waals surface area contributed by atoms with Crippen LogP contribution < -0.4 is 26.8 Å². The van der Waals surface area contributed by atoms with Crippen molar-refractivity contribution < 1.29 is 46.3 Å². The third-order valence-electron chi connectivity index (χ3n) is 8.82. The molecule has 1 aromatic heterocycles. The van der Waals surface area contributed by atoms with E-state index in [0.717, 1.165) is 42.6 Å². The molecule has 49 heavy (non-hydrogen) atoms. The highest BCUT2D eigenvalue weighted by atomic mass is 32.3. The molecular weight excluding hydrogens is 684 g/mol. The number of benzene rings is 1. The number of anilines is 1. The van der Waals surface area contributed by atoms with Gasteiger partial charge < -0.3 is 36.8 Å². The number of nitrogens with one attached hydrogen (secondary N) is 3. The molecule has 1 aromatic carbocycles. The summed E-state index contributed by atoms with van der Waals surface area (Å²) in [6, 6.07) is 4.07. The summed E-state index contributed by atoms with van der Waals surface area (Å²) in [6.07, 6.45) is 3.19. The zero-order valence-electron chi connectivity index (χ0n) is 26.8. The Morgan fingerprint density at radius 3 is 2.61 bits per heavy atom. The van der Waals surface area contributed by atoms with E-state index < -0.39 is 57.2 Å².